The standard InChI is InChI=1S/C10H15N5/c1-4-15-10-7(8(14-15)6(2)3)9(11)12-5-13-10/h5-6H,4H2,1-3H3,(H2,11,12,13). The van der Waals surface area contributed by atoms with E-state index in [0.717, 1.165) is 23.3 Å². The van der Waals surface area contributed by atoms with Crippen molar-refractivity contribution in [3.63, 3.8) is 0 Å². The number of fused-ring (bicyclic) bond motifs is 1. The summed E-state index contributed by atoms with van der Waals surface area (Å²) in [7, 11) is 0. The van der Waals surface area contributed by atoms with E-state index >= 15 is 0 Å². The highest BCUT2D eigenvalue weighted by Crippen LogP contribution is 2.26. The van der Waals surface area contributed by atoms with Crippen molar-refractivity contribution in [1.82, 2.24) is 19.7 Å². The van der Waals surface area contributed by atoms with E-state index in [4.69, 9.17) is 5.73 Å². The topological polar surface area (TPSA) is 69.6 Å². The monoisotopic (exact) mass is 205 g/mol. The van der Waals surface area contributed by atoms with Crippen LogP contribution in [-0.4, -0.2) is 19.7 Å². The highest BCUT2D eigenvalue weighted by Gasteiger charge is 2.16. The van der Waals surface area contributed by atoms with Crippen LogP contribution >= 0.6 is 0 Å². The Morgan fingerprint density at radius 3 is 2.73 bits per heavy atom. The van der Waals surface area contributed by atoms with E-state index in [1.807, 2.05) is 11.6 Å². The molecule has 0 spiro atoms. The summed E-state index contributed by atoms with van der Waals surface area (Å²) in [5.41, 5.74) is 7.66. The first kappa shape index (κ1) is 9.89. The van der Waals surface area contributed by atoms with Gasteiger partial charge in [0.25, 0.3) is 0 Å². The molecule has 0 atom stereocenters. The molecule has 2 aromatic heterocycles. The van der Waals surface area contributed by atoms with Crippen molar-refractivity contribution in [3.8, 4) is 0 Å². The third kappa shape index (κ3) is 1.44. The predicted octanol–water partition coefficient (Wildman–Crippen LogP) is 1.55. The molecule has 0 fully saturated rings. The van der Waals surface area contributed by atoms with Gasteiger partial charge in [-0.05, 0) is 12.8 Å². The molecule has 0 aliphatic carbocycles. The second-order valence-electron chi connectivity index (χ2n) is 3.81. The molecule has 80 valence electrons. The molecule has 5 heteroatoms. The minimum Gasteiger partial charge on any atom is -0.383 e. The quantitative estimate of drug-likeness (QED) is 0.807. The van der Waals surface area contributed by atoms with Crippen LogP contribution in [0.2, 0.25) is 0 Å². The Balaban J connectivity index is 2.82. The van der Waals surface area contributed by atoms with Gasteiger partial charge in [0, 0.05) is 6.54 Å². The van der Waals surface area contributed by atoms with Crippen molar-refractivity contribution < 1.29 is 0 Å². The van der Waals surface area contributed by atoms with Gasteiger partial charge in [-0.3, -0.25) is 0 Å². The van der Waals surface area contributed by atoms with Gasteiger partial charge in [0.05, 0.1) is 11.1 Å². The second kappa shape index (κ2) is 3.49. The first-order valence-corrected chi connectivity index (χ1v) is 5.12. The molecule has 0 saturated carbocycles. The number of anilines is 1. The van der Waals surface area contributed by atoms with Gasteiger partial charge in [-0.15, -0.1) is 0 Å². The van der Waals surface area contributed by atoms with Crippen LogP contribution in [0.25, 0.3) is 11.0 Å². The summed E-state index contributed by atoms with van der Waals surface area (Å²) >= 11 is 0. The fraction of sp³-hybridized carbons (Fsp3) is 0.500. The Bertz CT molecular complexity index is 486. The third-order valence-corrected chi connectivity index (χ3v) is 2.43. The summed E-state index contributed by atoms with van der Waals surface area (Å²) in [5, 5.41) is 5.40. The Kier molecular flexibility index (Phi) is 2.30. The Hall–Kier alpha value is -1.65. The molecule has 2 aromatic rings. The molecular formula is C10H15N5. The molecule has 0 aromatic carbocycles. The highest BCUT2D eigenvalue weighted by molar-refractivity contribution is 5.88. The van der Waals surface area contributed by atoms with Gasteiger partial charge in [-0.2, -0.15) is 5.10 Å². The fourth-order valence-corrected chi connectivity index (χ4v) is 1.68. The first-order valence-electron chi connectivity index (χ1n) is 5.12. The lowest BCUT2D eigenvalue weighted by atomic mass is 10.1. The second-order valence-corrected chi connectivity index (χ2v) is 3.81. The summed E-state index contributed by atoms with van der Waals surface area (Å²) < 4.78 is 1.86. The lowest BCUT2D eigenvalue weighted by molar-refractivity contribution is 0.649. The van der Waals surface area contributed by atoms with Crippen molar-refractivity contribution in [2.45, 2.75) is 33.2 Å². The van der Waals surface area contributed by atoms with Crippen LogP contribution in [0.1, 0.15) is 32.4 Å². The van der Waals surface area contributed by atoms with Crippen molar-refractivity contribution in [2.75, 3.05) is 5.73 Å². The summed E-state index contributed by atoms with van der Waals surface area (Å²) in [6.07, 6.45) is 1.48. The Morgan fingerprint density at radius 1 is 1.40 bits per heavy atom. The maximum atomic E-state index is 5.86. The van der Waals surface area contributed by atoms with Crippen molar-refractivity contribution >= 4 is 16.9 Å². The summed E-state index contributed by atoms with van der Waals surface area (Å²) in [6, 6.07) is 0. The van der Waals surface area contributed by atoms with E-state index in [1.165, 1.54) is 6.33 Å². The van der Waals surface area contributed by atoms with Crippen LogP contribution in [0.5, 0.6) is 0 Å². The van der Waals surface area contributed by atoms with Gasteiger partial charge >= 0.3 is 0 Å². The number of aromatic nitrogens is 4. The molecule has 2 heterocycles. The largest absolute Gasteiger partial charge is 0.383 e. The van der Waals surface area contributed by atoms with E-state index in [1.54, 1.807) is 0 Å². The van der Waals surface area contributed by atoms with Crippen LogP contribution in [0.4, 0.5) is 5.82 Å². The molecule has 2 N–H and O–H groups in total. The zero-order chi connectivity index (χ0) is 11.0. The van der Waals surface area contributed by atoms with Crippen LogP contribution < -0.4 is 5.73 Å². The normalized spacial score (nSPS) is 11.5. The number of nitrogen functional groups attached to an aromatic ring is 1. The number of hydrogen-bond donors (Lipinski definition) is 1. The first-order chi connectivity index (χ1) is 7.15. The van der Waals surface area contributed by atoms with Gasteiger partial charge in [-0.25, -0.2) is 14.6 Å². The van der Waals surface area contributed by atoms with Gasteiger partial charge in [0.2, 0.25) is 0 Å². The zero-order valence-electron chi connectivity index (χ0n) is 9.23. The van der Waals surface area contributed by atoms with Crippen molar-refractivity contribution in [2.24, 2.45) is 0 Å². The lowest BCUT2D eigenvalue weighted by Gasteiger charge is -2.00. The smallest absolute Gasteiger partial charge is 0.163 e. The number of aryl methyl sites for hydroxylation is 1. The van der Waals surface area contributed by atoms with E-state index < -0.39 is 0 Å². The van der Waals surface area contributed by atoms with E-state index in [9.17, 15) is 0 Å². The van der Waals surface area contributed by atoms with E-state index in [-0.39, 0.29) is 0 Å². The number of nitrogens with zero attached hydrogens (tertiary/aromatic N) is 4. The average molecular weight is 205 g/mol. The highest BCUT2D eigenvalue weighted by atomic mass is 15.3. The molecule has 0 aliphatic rings. The molecule has 0 unspecified atom stereocenters. The molecule has 5 nitrogen and oxygen atoms in total. The maximum absolute atomic E-state index is 5.86. The molecule has 0 radical (unpaired) electrons. The third-order valence-electron chi connectivity index (χ3n) is 2.43. The molecule has 0 saturated heterocycles. The molecular weight excluding hydrogens is 190 g/mol. The summed E-state index contributed by atoms with van der Waals surface area (Å²) in [6.45, 7) is 7.01. The SMILES string of the molecule is CCn1nc(C(C)C)c2c(N)ncnc21. The van der Waals surface area contributed by atoms with Gasteiger partial charge in [0.1, 0.15) is 12.1 Å². The summed E-state index contributed by atoms with van der Waals surface area (Å²) in [4.78, 5) is 8.24. The van der Waals surface area contributed by atoms with E-state index in [0.29, 0.717) is 11.7 Å². The molecule has 0 amide bonds. The van der Waals surface area contributed by atoms with Gasteiger partial charge in [-0.1, -0.05) is 13.8 Å². The predicted molar refractivity (Wildman–Crippen MR) is 59.5 cm³/mol. The average Bonchev–Trinajstić information content (AvgIpc) is 2.58. The minimum absolute atomic E-state index is 0.327. The summed E-state index contributed by atoms with van der Waals surface area (Å²) in [5.74, 6) is 0.844. The van der Waals surface area contributed by atoms with Crippen molar-refractivity contribution in [1.29, 1.82) is 0 Å². The van der Waals surface area contributed by atoms with Crippen LogP contribution in [0.3, 0.4) is 0 Å². The number of nitrogens with two attached hydrogens (primary N) is 1. The Morgan fingerprint density at radius 2 is 2.13 bits per heavy atom. The molecule has 15 heavy (non-hydrogen) atoms. The van der Waals surface area contributed by atoms with Crippen LogP contribution in [0.15, 0.2) is 6.33 Å². The minimum atomic E-state index is 0.327. The van der Waals surface area contributed by atoms with E-state index in [2.05, 4.69) is 28.9 Å². The van der Waals surface area contributed by atoms with Crippen LogP contribution in [0, 0.1) is 0 Å². The lowest BCUT2D eigenvalue weighted by Crippen LogP contribution is -1.99. The number of rotatable bonds is 2. The fourth-order valence-electron chi connectivity index (χ4n) is 1.68. The molecule has 0 bridgehead atoms. The van der Waals surface area contributed by atoms with Gasteiger partial charge < -0.3 is 5.73 Å². The van der Waals surface area contributed by atoms with Gasteiger partial charge in [0.15, 0.2) is 5.65 Å². The zero-order valence-corrected chi connectivity index (χ0v) is 9.23. The maximum Gasteiger partial charge on any atom is 0.163 e. The number of hydrogen-bond acceptors (Lipinski definition) is 4. The Labute approximate surface area is 88.3 Å². The van der Waals surface area contributed by atoms with Crippen molar-refractivity contribution in [3.05, 3.63) is 12.0 Å². The molecule has 0 aliphatic heterocycles. The molecule has 2 rings (SSSR count). The van der Waals surface area contributed by atoms with Crippen LogP contribution in [-0.2, 0) is 6.54 Å².